The Hall–Kier alpha value is -1.81. The van der Waals surface area contributed by atoms with Gasteiger partial charge >= 0.3 is 0 Å². The zero-order valence-electron chi connectivity index (χ0n) is 10.8. The Kier molecular flexibility index (Phi) is 3.25. The quantitative estimate of drug-likeness (QED) is 0.919. The number of carbonyl (C=O) groups is 1. The van der Waals surface area contributed by atoms with Crippen LogP contribution < -0.4 is 5.32 Å². The highest BCUT2D eigenvalue weighted by Gasteiger charge is 2.38. The molecule has 0 aromatic carbocycles. The van der Waals surface area contributed by atoms with Crippen LogP contribution in [0, 0.1) is 5.92 Å². The van der Waals surface area contributed by atoms with Crippen LogP contribution in [0.15, 0.2) is 45.6 Å². The van der Waals surface area contributed by atoms with Crippen molar-refractivity contribution in [3.8, 4) is 0 Å². The molecule has 0 amide bonds. The average molecular weight is 259 g/mol. The van der Waals surface area contributed by atoms with Crippen LogP contribution in [0.3, 0.4) is 0 Å². The first-order valence-electron chi connectivity index (χ1n) is 6.65. The van der Waals surface area contributed by atoms with Crippen molar-refractivity contribution in [1.82, 2.24) is 5.32 Å². The lowest BCUT2D eigenvalue weighted by Crippen LogP contribution is -2.41. The summed E-state index contributed by atoms with van der Waals surface area (Å²) in [5, 5.41) is 3.48. The van der Waals surface area contributed by atoms with Crippen molar-refractivity contribution in [2.24, 2.45) is 5.92 Å². The van der Waals surface area contributed by atoms with Crippen LogP contribution in [-0.4, -0.2) is 5.78 Å². The van der Waals surface area contributed by atoms with Crippen LogP contribution in [0.2, 0.25) is 0 Å². The molecule has 100 valence electrons. The first-order valence-corrected chi connectivity index (χ1v) is 6.65. The van der Waals surface area contributed by atoms with Crippen molar-refractivity contribution >= 4 is 5.78 Å². The molecule has 0 aliphatic carbocycles. The zero-order chi connectivity index (χ0) is 13.2. The minimum atomic E-state index is -0.0728. The molecule has 0 radical (unpaired) electrons. The van der Waals surface area contributed by atoms with Crippen molar-refractivity contribution in [2.75, 3.05) is 0 Å². The summed E-state index contributed by atoms with van der Waals surface area (Å²) >= 11 is 0. The van der Waals surface area contributed by atoms with Gasteiger partial charge in [0, 0.05) is 12.3 Å². The molecule has 0 spiro atoms. The smallest absolute Gasteiger partial charge is 0.140 e. The van der Waals surface area contributed by atoms with E-state index in [0.717, 1.165) is 17.9 Å². The van der Waals surface area contributed by atoms with Gasteiger partial charge in [0.1, 0.15) is 17.3 Å². The van der Waals surface area contributed by atoms with Crippen LogP contribution in [0.1, 0.15) is 43.4 Å². The predicted molar refractivity (Wildman–Crippen MR) is 69.4 cm³/mol. The van der Waals surface area contributed by atoms with E-state index in [1.54, 1.807) is 12.5 Å². The lowest BCUT2D eigenvalue weighted by molar-refractivity contribution is -0.127. The van der Waals surface area contributed by atoms with Gasteiger partial charge < -0.3 is 8.83 Å². The maximum Gasteiger partial charge on any atom is 0.140 e. The summed E-state index contributed by atoms with van der Waals surface area (Å²) in [6.07, 6.45) is 4.56. The maximum atomic E-state index is 12.3. The summed E-state index contributed by atoms with van der Waals surface area (Å²) in [7, 11) is 0. The summed E-state index contributed by atoms with van der Waals surface area (Å²) in [4.78, 5) is 12.3. The fourth-order valence-electron chi connectivity index (χ4n) is 2.81. The largest absolute Gasteiger partial charge is 0.468 e. The summed E-state index contributed by atoms with van der Waals surface area (Å²) < 4.78 is 10.9. The van der Waals surface area contributed by atoms with Gasteiger partial charge in [-0.15, -0.1) is 0 Å². The Bertz CT molecular complexity index is 530. The topological polar surface area (TPSA) is 55.4 Å². The Labute approximate surface area is 111 Å². The molecule has 4 heteroatoms. The molecule has 3 heterocycles. The molecule has 3 atom stereocenters. The standard InChI is InChI=1S/C15H17NO3/c1-2-10-12(17)9-11(13-5-3-7-18-13)16-15(10)14-6-4-8-19-14/h3-8,10-11,15-16H,2,9H2,1H3/t10-,11-,15+/m1/s1. The number of Topliss-reactive ketones (excluding diaryl/α,β-unsaturated/α-hetero) is 1. The second-order valence-electron chi connectivity index (χ2n) is 4.91. The minimum absolute atomic E-state index is 0.0302. The summed E-state index contributed by atoms with van der Waals surface area (Å²) in [5.41, 5.74) is 0. The lowest BCUT2D eigenvalue weighted by atomic mass is 9.82. The summed E-state index contributed by atoms with van der Waals surface area (Å²) in [6, 6.07) is 7.37. The molecule has 0 saturated carbocycles. The number of hydrogen-bond donors (Lipinski definition) is 1. The molecule has 2 aromatic heterocycles. The van der Waals surface area contributed by atoms with E-state index in [9.17, 15) is 4.79 Å². The number of hydrogen-bond acceptors (Lipinski definition) is 4. The summed E-state index contributed by atoms with van der Waals surface area (Å²) in [5.74, 6) is 1.86. The van der Waals surface area contributed by atoms with Crippen LogP contribution >= 0.6 is 0 Å². The van der Waals surface area contributed by atoms with Crippen molar-refractivity contribution in [3.05, 3.63) is 48.3 Å². The normalized spacial score (nSPS) is 27.6. The van der Waals surface area contributed by atoms with E-state index in [0.29, 0.717) is 6.42 Å². The predicted octanol–water partition coefficient (Wildman–Crippen LogP) is 3.24. The molecule has 0 bridgehead atoms. The van der Waals surface area contributed by atoms with Crippen molar-refractivity contribution in [2.45, 2.75) is 31.8 Å². The third-order valence-corrected chi connectivity index (χ3v) is 3.78. The van der Waals surface area contributed by atoms with Crippen molar-refractivity contribution in [1.29, 1.82) is 0 Å². The average Bonchev–Trinajstić information content (AvgIpc) is 3.11. The molecule has 1 aliphatic rings. The highest BCUT2D eigenvalue weighted by atomic mass is 16.3. The Balaban J connectivity index is 1.89. The molecule has 1 aliphatic heterocycles. The van der Waals surface area contributed by atoms with Crippen LogP contribution in [-0.2, 0) is 4.79 Å². The third-order valence-electron chi connectivity index (χ3n) is 3.78. The van der Waals surface area contributed by atoms with E-state index >= 15 is 0 Å². The van der Waals surface area contributed by atoms with Gasteiger partial charge in [-0.1, -0.05) is 6.92 Å². The first kappa shape index (κ1) is 12.2. The second-order valence-corrected chi connectivity index (χ2v) is 4.91. The molecular formula is C15H17NO3. The fraction of sp³-hybridized carbons (Fsp3) is 0.400. The van der Waals surface area contributed by atoms with Crippen molar-refractivity contribution in [3.63, 3.8) is 0 Å². The number of piperidine rings is 1. The van der Waals surface area contributed by atoms with Gasteiger partial charge in [-0.25, -0.2) is 0 Å². The Morgan fingerprint density at radius 3 is 2.47 bits per heavy atom. The zero-order valence-corrected chi connectivity index (χ0v) is 10.8. The van der Waals surface area contributed by atoms with Crippen LogP contribution in [0.4, 0.5) is 0 Å². The third kappa shape index (κ3) is 2.24. The van der Waals surface area contributed by atoms with Crippen LogP contribution in [0.25, 0.3) is 0 Å². The molecular weight excluding hydrogens is 242 g/mol. The second kappa shape index (κ2) is 5.05. The van der Waals surface area contributed by atoms with E-state index in [4.69, 9.17) is 8.83 Å². The van der Waals surface area contributed by atoms with Gasteiger partial charge in [-0.05, 0) is 30.7 Å². The molecule has 19 heavy (non-hydrogen) atoms. The van der Waals surface area contributed by atoms with Crippen molar-refractivity contribution < 1.29 is 13.6 Å². The molecule has 1 fully saturated rings. The van der Waals surface area contributed by atoms with E-state index in [1.807, 2.05) is 31.2 Å². The molecule has 0 unspecified atom stereocenters. The molecule has 1 saturated heterocycles. The van der Waals surface area contributed by atoms with Gasteiger partial charge in [-0.3, -0.25) is 10.1 Å². The van der Waals surface area contributed by atoms with E-state index in [2.05, 4.69) is 5.32 Å². The van der Waals surface area contributed by atoms with Gasteiger partial charge in [0.2, 0.25) is 0 Å². The van der Waals surface area contributed by atoms with E-state index in [1.165, 1.54) is 0 Å². The van der Waals surface area contributed by atoms with Gasteiger partial charge in [0.15, 0.2) is 0 Å². The van der Waals surface area contributed by atoms with Crippen LogP contribution in [0.5, 0.6) is 0 Å². The molecule has 3 rings (SSSR count). The molecule has 1 N–H and O–H groups in total. The molecule has 2 aromatic rings. The molecule has 4 nitrogen and oxygen atoms in total. The van der Waals surface area contributed by atoms with Gasteiger partial charge in [0.05, 0.1) is 24.6 Å². The van der Waals surface area contributed by atoms with Gasteiger partial charge in [0.25, 0.3) is 0 Å². The van der Waals surface area contributed by atoms with E-state index in [-0.39, 0.29) is 23.8 Å². The SMILES string of the molecule is CC[C@@H]1C(=O)C[C@H](c2ccco2)N[C@@H]1c1ccco1. The number of rotatable bonds is 3. The highest BCUT2D eigenvalue weighted by molar-refractivity contribution is 5.83. The number of carbonyl (C=O) groups excluding carboxylic acids is 1. The Morgan fingerprint density at radius 1 is 1.21 bits per heavy atom. The first-order chi connectivity index (χ1) is 9.29. The number of furan rings is 2. The van der Waals surface area contributed by atoms with E-state index < -0.39 is 0 Å². The summed E-state index contributed by atoms with van der Waals surface area (Å²) in [6.45, 7) is 2.04. The van der Waals surface area contributed by atoms with Gasteiger partial charge in [-0.2, -0.15) is 0 Å². The number of ketones is 1. The highest BCUT2D eigenvalue weighted by Crippen LogP contribution is 2.36. The maximum absolute atomic E-state index is 12.3. The monoisotopic (exact) mass is 259 g/mol. The number of nitrogens with one attached hydrogen (secondary N) is 1. The minimum Gasteiger partial charge on any atom is -0.468 e. The fourth-order valence-corrected chi connectivity index (χ4v) is 2.81. The Morgan fingerprint density at radius 2 is 1.89 bits per heavy atom. The lowest BCUT2D eigenvalue weighted by Gasteiger charge is -2.34.